The van der Waals surface area contributed by atoms with Crippen molar-refractivity contribution >= 4 is 44.3 Å². The maximum atomic E-state index is 12.5. The molecule has 3 aromatic heterocycles. The number of benzene rings is 2. The van der Waals surface area contributed by atoms with Crippen LogP contribution in [0.4, 0.5) is 5.95 Å². The molecule has 10 heteroatoms. The van der Waals surface area contributed by atoms with Crippen LogP contribution in [0.5, 0.6) is 5.75 Å². The van der Waals surface area contributed by atoms with Gasteiger partial charge in [-0.15, -0.1) is 11.3 Å². The summed E-state index contributed by atoms with van der Waals surface area (Å²) in [6.45, 7) is 2.39. The topological polar surface area (TPSA) is 105 Å². The molecule has 1 atom stereocenters. The van der Waals surface area contributed by atoms with Crippen LogP contribution < -0.4 is 15.0 Å². The second kappa shape index (κ2) is 9.56. The molecule has 0 spiro atoms. The average Bonchev–Trinajstić information content (AvgIpc) is 3.58. The van der Waals surface area contributed by atoms with Gasteiger partial charge in [-0.2, -0.15) is 5.10 Å². The van der Waals surface area contributed by atoms with Crippen molar-refractivity contribution in [2.45, 2.75) is 12.6 Å². The van der Waals surface area contributed by atoms with Gasteiger partial charge >= 0.3 is 0 Å². The second-order valence-corrected chi connectivity index (χ2v) is 9.70. The minimum absolute atomic E-state index is 0.0921. The smallest absolute Gasteiger partial charge is 0.251 e. The third-order valence-corrected chi connectivity index (χ3v) is 7.36. The van der Waals surface area contributed by atoms with Crippen LogP contribution in [0.3, 0.4) is 0 Å². The molecule has 1 fully saturated rings. The van der Waals surface area contributed by atoms with Crippen molar-refractivity contribution in [3.05, 3.63) is 76.9 Å². The molecule has 9 nitrogen and oxygen atoms in total. The number of carbonyl (C=O) groups excluding carboxylic acids is 1. The van der Waals surface area contributed by atoms with E-state index < -0.39 is 0 Å². The molecule has 36 heavy (non-hydrogen) atoms. The number of ether oxygens (including phenoxy) is 2. The van der Waals surface area contributed by atoms with Gasteiger partial charge in [-0.25, -0.2) is 9.97 Å². The summed E-state index contributed by atoms with van der Waals surface area (Å²) in [7, 11) is 1.60. The van der Waals surface area contributed by atoms with Gasteiger partial charge in [0.15, 0.2) is 0 Å². The normalized spacial score (nSPS) is 15.9. The molecule has 1 amide bonds. The van der Waals surface area contributed by atoms with Gasteiger partial charge in [-0.3, -0.25) is 9.89 Å². The van der Waals surface area contributed by atoms with Crippen molar-refractivity contribution in [3.8, 4) is 5.75 Å². The zero-order valence-electron chi connectivity index (χ0n) is 19.6. The van der Waals surface area contributed by atoms with Crippen LogP contribution in [0.25, 0.3) is 21.1 Å². The summed E-state index contributed by atoms with van der Waals surface area (Å²) >= 11 is 1.58. The first kappa shape index (κ1) is 22.4. The zero-order chi connectivity index (χ0) is 24.5. The number of hydrogen-bond acceptors (Lipinski definition) is 8. The van der Waals surface area contributed by atoms with Crippen molar-refractivity contribution in [1.82, 2.24) is 25.5 Å². The number of amides is 1. The molecule has 0 saturated carbocycles. The number of nitrogens with zero attached hydrogens (tertiary/aromatic N) is 4. The molecule has 2 aromatic carbocycles. The molecular weight excluding hydrogens is 476 g/mol. The second-order valence-electron chi connectivity index (χ2n) is 8.53. The first-order valence-corrected chi connectivity index (χ1v) is 12.5. The van der Waals surface area contributed by atoms with E-state index in [0.29, 0.717) is 31.2 Å². The highest BCUT2D eigenvalue weighted by Gasteiger charge is 2.25. The van der Waals surface area contributed by atoms with E-state index in [1.807, 2.05) is 30.6 Å². The Labute approximate surface area is 211 Å². The van der Waals surface area contributed by atoms with E-state index in [1.54, 1.807) is 42.7 Å². The third-order valence-electron chi connectivity index (χ3n) is 6.30. The number of methoxy groups -OCH3 is 1. The molecule has 1 aliphatic rings. The summed E-state index contributed by atoms with van der Waals surface area (Å²) in [6.07, 6.45) is 3.61. The molecule has 1 unspecified atom stereocenters. The van der Waals surface area contributed by atoms with Gasteiger partial charge in [0.05, 0.1) is 54.9 Å². The molecule has 1 aliphatic heterocycles. The van der Waals surface area contributed by atoms with Gasteiger partial charge in [0, 0.05) is 22.4 Å². The number of carbonyl (C=O) groups is 1. The van der Waals surface area contributed by atoms with E-state index in [9.17, 15) is 4.79 Å². The Balaban J connectivity index is 1.16. The predicted molar refractivity (Wildman–Crippen MR) is 139 cm³/mol. The van der Waals surface area contributed by atoms with Crippen LogP contribution in [0.2, 0.25) is 0 Å². The monoisotopic (exact) mass is 500 g/mol. The average molecular weight is 501 g/mol. The first-order valence-electron chi connectivity index (χ1n) is 11.6. The molecule has 0 bridgehead atoms. The number of thiophene rings is 1. The summed E-state index contributed by atoms with van der Waals surface area (Å²) < 4.78 is 12.2. The fourth-order valence-corrected chi connectivity index (χ4v) is 5.33. The van der Waals surface area contributed by atoms with Crippen molar-refractivity contribution in [3.63, 3.8) is 0 Å². The Morgan fingerprint density at radius 3 is 3.00 bits per heavy atom. The van der Waals surface area contributed by atoms with Gasteiger partial charge in [0.25, 0.3) is 5.91 Å². The molecule has 1 saturated heterocycles. The molecule has 6 rings (SSSR count). The summed E-state index contributed by atoms with van der Waals surface area (Å²) in [6, 6.07) is 15.2. The quantitative estimate of drug-likeness (QED) is 0.362. The minimum atomic E-state index is -0.131. The number of aromatic nitrogens is 4. The lowest BCUT2D eigenvalue weighted by Crippen LogP contribution is -2.39. The van der Waals surface area contributed by atoms with Gasteiger partial charge in [-0.1, -0.05) is 12.1 Å². The standard InChI is InChI=1S/C26H24N6O3S/c1-34-17-7-5-16(6-8-17)25(33)27-12-18-11-22-24(36-18)14-28-26(30-22)32-9-10-35-23(15-32)19-3-2-4-21-20(19)13-29-31-21/h2-8,11,13-14,23H,9-10,12,15H2,1H3,(H,27,33)(H,29,31). The first-order chi connectivity index (χ1) is 17.7. The number of morpholine rings is 1. The number of fused-ring (bicyclic) bond motifs is 2. The number of rotatable bonds is 6. The van der Waals surface area contributed by atoms with Crippen LogP contribution >= 0.6 is 11.3 Å². The molecule has 182 valence electrons. The van der Waals surface area contributed by atoms with E-state index >= 15 is 0 Å². The third kappa shape index (κ3) is 4.36. The Kier molecular flexibility index (Phi) is 5.96. The van der Waals surface area contributed by atoms with Crippen LogP contribution in [0.1, 0.15) is 26.9 Å². The van der Waals surface area contributed by atoms with E-state index in [0.717, 1.165) is 43.9 Å². The van der Waals surface area contributed by atoms with E-state index in [4.69, 9.17) is 14.5 Å². The molecule has 4 heterocycles. The highest BCUT2D eigenvalue weighted by Crippen LogP contribution is 2.31. The highest BCUT2D eigenvalue weighted by atomic mass is 32.1. The number of aromatic amines is 1. The van der Waals surface area contributed by atoms with E-state index in [2.05, 4.69) is 31.5 Å². The Hall–Kier alpha value is -4.02. The maximum absolute atomic E-state index is 12.5. The minimum Gasteiger partial charge on any atom is -0.497 e. The SMILES string of the molecule is COc1ccc(C(=O)NCc2cc3nc(N4CCOC(c5cccc6[nH]ncc56)C4)ncc3s2)cc1. The summed E-state index contributed by atoms with van der Waals surface area (Å²) in [5.74, 6) is 1.27. The Morgan fingerprint density at radius 1 is 1.25 bits per heavy atom. The molecular formula is C26H24N6O3S. The van der Waals surface area contributed by atoms with E-state index in [1.165, 1.54) is 0 Å². The Morgan fingerprint density at radius 2 is 2.14 bits per heavy atom. The highest BCUT2D eigenvalue weighted by molar-refractivity contribution is 7.18. The Bertz CT molecular complexity index is 1530. The van der Waals surface area contributed by atoms with Gasteiger partial charge in [-0.05, 0) is 42.0 Å². The largest absolute Gasteiger partial charge is 0.497 e. The van der Waals surface area contributed by atoms with Gasteiger partial charge < -0.3 is 19.7 Å². The number of H-pyrrole nitrogens is 1. The molecule has 5 aromatic rings. The lowest BCUT2D eigenvalue weighted by molar-refractivity contribution is 0.0402. The van der Waals surface area contributed by atoms with Crippen molar-refractivity contribution in [2.24, 2.45) is 0 Å². The van der Waals surface area contributed by atoms with Gasteiger partial charge in [0.2, 0.25) is 5.95 Å². The summed E-state index contributed by atoms with van der Waals surface area (Å²) in [5, 5.41) is 11.2. The van der Waals surface area contributed by atoms with Crippen molar-refractivity contribution in [1.29, 1.82) is 0 Å². The van der Waals surface area contributed by atoms with Crippen LogP contribution in [0, 0.1) is 0 Å². The molecule has 2 N–H and O–H groups in total. The number of hydrogen-bond donors (Lipinski definition) is 2. The van der Waals surface area contributed by atoms with E-state index in [-0.39, 0.29) is 12.0 Å². The van der Waals surface area contributed by atoms with Crippen LogP contribution in [-0.4, -0.2) is 52.9 Å². The lowest BCUT2D eigenvalue weighted by atomic mass is 10.0. The maximum Gasteiger partial charge on any atom is 0.251 e. The van der Waals surface area contributed by atoms with Crippen molar-refractivity contribution in [2.75, 3.05) is 31.7 Å². The lowest BCUT2D eigenvalue weighted by Gasteiger charge is -2.33. The predicted octanol–water partition coefficient (Wildman–Crippen LogP) is 4.08. The molecule has 0 aliphatic carbocycles. The number of anilines is 1. The summed E-state index contributed by atoms with van der Waals surface area (Å²) in [5.41, 5.74) is 3.57. The number of nitrogens with one attached hydrogen (secondary N) is 2. The van der Waals surface area contributed by atoms with Crippen molar-refractivity contribution < 1.29 is 14.3 Å². The zero-order valence-corrected chi connectivity index (χ0v) is 20.4. The summed E-state index contributed by atoms with van der Waals surface area (Å²) in [4.78, 5) is 25.2. The fourth-order valence-electron chi connectivity index (χ4n) is 4.42. The van der Waals surface area contributed by atoms with Crippen LogP contribution in [-0.2, 0) is 11.3 Å². The van der Waals surface area contributed by atoms with Gasteiger partial charge in [0.1, 0.15) is 11.9 Å². The van der Waals surface area contributed by atoms with Crippen LogP contribution in [0.15, 0.2) is 60.9 Å². The molecule has 0 radical (unpaired) electrons. The fraction of sp³-hybridized carbons (Fsp3) is 0.231.